The Kier molecular flexibility index (Phi) is 7.68. The average Bonchev–Trinajstić information content (AvgIpc) is 3.54. The van der Waals surface area contributed by atoms with E-state index in [2.05, 4.69) is 19.9 Å². The van der Waals surface area contributed by atoms with Gasteiger partial charge in [0.1, 0.15) is 30.8 Å². The largest absolute Gasteiger partial charge is 0.472 e. The minimum atomic E-state index is -4.80. The number of H-pyrrole nitrogens is 3. The monoisotopic (exact) mass is 603 g/mol. The van der Waals surface area contributed by atoms with Crippen molar-refractivity contribution >= 4 is 37.2 Å². The van der Waals surface area contributed by atoms with Crippen LogP contribution in [0, 0.1) is 11.7 Å². The highest BCUT2D eigenvalue weighted by Crippen LogP contribution is 2.49. The van der Waals surface area contributed by atoms with Gasteiger partial charge in [-0.05, 0) is 19.1 Å². The molecule has 5 heterocycles. The first-order valence-electron chi connectivity index (χ1n) is 11.9. The molecule has 218 valence electrons. The number of imidazole rings is 1. The Labute approximate surface area is 227 Å². The zero-order valence-electron chi connectivity index (χ0n) is 20.8. The van der Waals surface area contributed by atoms with Gasteiger partial charge in [0.25, 0.3) is 11.1 Å². The second-order valence-electron chi connectivity index (χ2n) is 9.32. The van der Waals surface area contributed by atoms with Gasteiger partial charge in [0, 0.05) is 24.6 Å². The zero-order valence-corrected chi connectivity index (χ0v) is 22.5. The Morgan fingerprint density at radius 2 is 1.90 bits per heavy atom. The van der Waals surface area contributed by atoms with Crippen LogP contribution in [0.15, 0.2) is 20.6 Å². The van der Waals surface area contributed by atoms with Gasteiger partial charge in [0.2, 0.25) is 5.95 Å². The topological polar surface area (TPSA) is 262 Å². The lowest BCUT2D eigenvalue weighted by atomic mass is 10.2. The highest BCUT2D eigenvalue weighted by atomic mass is 32.1. The van der Waals surface area contributed by atoms with Crippen LogP contribution in [0.3, 0.4) is 0 Å². The Hall–Kier alpha value is -3.00. The van der Waals surface area contributed by atoms with Gasteiger partial charge in [-0.25, -0.2) is 9.36 Å². The van der Waals surface area contributed by atoms with Crippen molar-refractivity contribution in [1.29, 1.82) is 0 Å². The predicted molar refractivity (Wildman–Crippen MR) is 137 cm³/mol. The third-order valence-corrected chi connectivity index (χ3v) is 7.89. The summed E-state index contributed by atoms with van der Waals surface area (Å²) in [5, 5.41) is 20.2. The van der Waals surface area contributed by atoms with Crippen molar-refractivity contribution in [3.05, 3.63) is 47.7 Å². The standard InChI is InChI=1S/C20H26N7O11PS/c1-7-4-26(19(32)25-16(7)30)12-2-8(29)11(37-12)6-35-39(33,34)38-9-3-13(36-10(9)5-28)27-15-14(22-20(27)40)17(31)24-18(21)23-15/h4,8-13,28-29H,2-3,5-6H2,1H3,(H,22,40)(H,33,34)(H,25,30,32)(H3,21,23,24,31)/t8-,9-,10+,11+,12+,13+/m0/s1. The fourth-order valence-corrected chi connectivity index (χ4v) is 5.90. The quantitative estimate of drug-likeness (QED) is 0.116. The second kappa shape index (κ2) is 10.8. The number of rotatable bonds is 8. The molecule has 5 rings (SSSR count). The lowest BCUT2D eigenvalue weighted by molar-refractivity contribution is -0.0568. The number of aliphatic hydroxyl groups is 2. The molecule has 0 aliphatic carbocycles. The lowest BCUT2D eigenvalue weighted by Crippen LogP contribution is -2.33. The van der Waals surface area contributed by atoms with Gasteiger partial charge in [-0.2, -0.15) is 4.98 Å². The highest BCUT2D eigenvalue weighted by Gasteiger charge is 2.43. The van der Waals surface area contributed by atoms with Crippen molar-refractivity contribution in [2.24, 2.45) is 0 Å². The summed E-state index contributed by atoms with van der Waals surface area (Å²) < 4.78 is 37.0. The van der Waals surface area contributed by atoms with Gasteiger partial charge < -0.3 is 35.3 Å². The Morgan fingerprint density at radius 1 is 1.18 bits per heavy atom. The molecule has 3 aromatic rings. The third-order valence-electron chi connectivity index (χ3n) is 6.58. The molecule has 7 atom stereocenters. The van der Waals surface area contributed by atoms with Crippen molar-refractivity contribution in [2.75, 3.05) is 18.9 Å². The summed E-state index contributed by atoms with van der Waals surface area (Å²) >= 11 is 5.28. The number of fused-ring (bicyclic) bond motifs is 1. The molecule has 0 saturated carbocycles. The number of aliphatic hydroxyl groups excluding tert-OH is 2. The van der Waals surface area contributed by atoms with Crippen LogP contribution in [0.5, 0.6) is 0 Å². The molecule has 0 aromatic carbocycles. The normalized spacial score (nSPS) is 28.3. The van der Waals surface area contributed by atoms with Crippen LogP contribution in [0.25, 0.3) is 11.2 Å². The number of nitrogen functional groups attached to an aromatic ring is 1. The molecule has 2 saturated heterocycles. The summed E-state index contributed by atoms with van der Waals surface area (Å²) in [5.74, 6) is -0.169. The van der Waals surface area contributed by atoms with Crippen molar-refractivity contribution in [1.82, 2.24) is 29.1 Å². The minimum Gasteiger partial charge on any atom is -0.394 e. The summed E-state index contributed by atoms with van der Waals surface area (Å²) in [6.45, 7) is 0.324. The maximum atomic E-state index is 12.8. The lowest BCUT2D eigenvalue weighted by Gasteiger charge is -2.22. The molecule has 2 fully saturated rings. The molecular weight excluding hydrogens is 577 g/mol. The van der Waals surface area contributed by atoms with Crippen LogP contribution in [0.4, 0.5) is 5.95 Å². The molecule has 18 nitrogen and oxygen atoms in total. The number of hydrogen-bond donors (Lipinski definition) is 7. The molecule has 8 N–H and O–H groups in total. The van der Waals surface area contributed by atoms with Gasteiger partial charge >= 0.3 is 13.5 Å². The van der Waals surface area contributed by atoms with Gasteiger partial charge in [-0.15, -0.1) is 0 Å². The third kappa shape index (κ3) is 5.47. The van der Waals surface area contributed by atoms with Crippen LogP contribution < -0.4 is 22.5 Å². The van der Waals surface area contributed by atoms with Crippen molar-refractivity contribution in [3.63, 3.8) is 0 Å². The van der Waals surface area contributed by atoms with E-state index >= 15 is 0 Å². The van der Waals surface area contributed by atoms with Gasteiger partial charge in [-0.1, -0.05) is 0 Å². The molecular formula is C20H26N7O11PS. The van der Waals surface area contributed by atoms with Crippen LogP contribution >= 0.6 is 20.0 Å². The fourth-order valence-electron chi connectivity index (χ4n) is 4.63. The maximum absolute atomic E-state index is 12.8. The highest BCUT2D eigenvalue weighted by molar-refractivity contribution is 7.71. The molecule has 0 amide bonds. The summed E-state index contributed by atoms with van der Waals surface area (Å²) in [5.41, 5.74) is 4.15. The molecule has 2 aliphatic heterocycles. The predicted octanol–water partition coefficient (Wildman–Crippen LogP) is -1.35. The number of anilines is 1. The molecule has 20 heteroatoms. The van der Waals surface area contributed by atoms with Crippen molar-refractivity contribution in [3.8, 4) is 0 Å². The smallest absolute Gasteiger partial charge is 0.394 e. The van der Waals surface area contributed by atoms with Gasteiger partial charge in [0.05, 0.1) is 19.3 Å². The molecule has 40 heavy (non-hydrogen) atoms. The van der Waals surface area contributed by atoms with Gasteiger partial charge in [0.15, 0.2) is 15.9 Å². The Bertz CT molecular complexity index is 1710. The number of ether oxygens (including phenoxy) is 2. The van der Waals surface area contributed by atoms with E-state index in [1.54, 1.807) is 0 Å². The van der Waals surface area contributed by atoms with E-state index in [4.69, 9.17) is 36.5 Å². The van der Waals surface area contributed by atoms with E-state index in [9.17, 15) is 34.1 Å². The summed E-state index contributed by atoms with van der Waals surface area (Å²) in [7, 11) is -4.80. The van der Waals surface area contributed by atoms with Crippen molar-refractivity contribution < 1.29 is 38.2 Å². The molecule has 2 aliphatic rings. The van der Waals surface area contributed by atoms with Crippen LogP contribution in [0.1, 0.15) is 30.9 Å². The number of nitrogens with zero attached hydrogens (tertiary/aromatic N) is 3. The first-order valence-corrected chi connectivity index (χ1v) is 13.8. The van der Waals surface area contributed by atoms with Gasteiger partial charge in [-0.3, -0.25) is 37.7 Å². The molecule has 3 aromatic heterocycles. The maximum Gasteiger partial charge on any atom is 0.472 e. The molecule has 0 radical (unpaired) electrons. The van der Waals surface area contributed by atoms with E-state index in [0.717, 1.165) is 4.57 Å². The van der Waals surface area contributed by atoms with E-state index in [-0.39, 0.29) is 40.3 Å². The first kappa shape index (κ1) is 28.5. The number of phosphoric ester groups is 1. The molecule has 0 spiro atoms. The SMILES string of the molecule is Cc1cn([C@H]2C[C@H](O)[C@@H](COP(=O)(O)O[C@H]3C[C@H](n4c(=S)[nH]c5c(=O)[nH]c(N)nc54)O[C@@H]3CO)O2)c(=O)[nH]c1=O. The summed E-state index contributed by atoms with van der Waals surface area (Å²) in [6.07, 6.45) is -5.25. The number of nitrogens with one attached hydrogen (secondary N) is 3. The summed E-state index contributed by atoms with van der Waals surface area (Å²) in [6, 6.07) is 0. The Balaban J connectivity index is 1.26. The van der Waals surface area contributed by atoms with E-state index in [0.29, 0.717) is 0 Å². The number of aromatic nitrogens is 6. The van der Waals surface area contributed by atoms with E-state index < -0.39 is 74.7 Å². The van der Waals surface area contributed by atoms with Crippen LogP contribution in [-0.2, 0) is 23.1 Å². The number of hydrogen-bond acceptors (Lipinski definition) is 13. The Morgan fingerprint density at radius 3 is 2.62 bits per heavy atom. The average molecular weight is 604 g/mol. The van der Waals surface area contributed by atoms with Crippen LogP contribution in [0.2, 0.25) is 0 Å². The van der Waals surface area contributed by atoms with Crippen molar-refractivity contribution in [2.45, 2.75) is 56.6 Å². The molecule has 0 bridgehead atoms. The van der Waals surface area contributed by atoms with Crippen LogP contribution in [-0.4, -0.2) is 81.8 Å². The fraction of sp³-hybridized carbons (Fsp3) is 0.550. The number of aryl methyl sites for hydroxylation is 1. The molecule has 1 unspecified atom stereocenters. The number of aromatic amines is 3. The van der Waals surface area contributed by atoms with E-state index in [1.807, 2.05) is 0 Å². The second-order valence-corrected chi connectivity index (χ2v) is 11.1. The minimum absolute atomic E-state index is 0.0385. The number of nitrogens with two attached hydrogens (primary N) is 1. The first-order chi connectivity index (χ1) is 18.9. The van der Waals surface area contributed by atoms with E-state index in [1.165, 1.54) is 17.7 Å². The number of phosphoric acid groups is 1. The summed E-state index contributed by atoms with van der Waals surface area (Å²) in [4.78, 5) is 57.6. The zero-order chi connectivity index (χ0) is 28.9.